The van der Waals surface area contributed by atoms with Gasteiger partial charge in [-0.3, -0.25) is 4.79 Å². The molecule has 1 amide bonds. The van der Waals surface area contributed by atoms with Gasteiger partial charge in [0.05, 0.1) is 5.69 Å². The lowest BCUT2D eigenvalue weighted by Crippen LogP contribution is -2.30. The molecular weight excluding hydrogens is 328 g/mol. The fraction of sp³-hybridized carbons (Fsp3) is 0.188. The van der Waals surface area contributed by atoms with Gasteiger partial charge in [-0.25, -0.2) is 4.39 Å². The summed E-state index contributed by atoms with van der Waals surface area (Å²) in [5.41, 5.74) is 0.878. The van der Waals surface area contributed by atoms with Crippen LogP contribution in [0.25, 0.3) is 0 Å². The third-order valence-electron chi connectivity index (χ3n) is 2.90. The van der Waals surface area contributed by atoms with Crippen molar-refractivity contribution in [3.8, 4) is 5.75 Å². The molecule has 0 aliphatic carbocycles. The van der Waals surface area contributed by atoms with Crippen molar-refractivity contribution in [3.05, 3.63) is 57.8 Å². The molecule has 0 heterocycles. The number of anilines is 1. The number of aryl methyl sites for hydroxylation is 1. The van der Waals surface area contributed by atoms with Crippen molar-refractivity contribution in [1.82, 2.24) is 0 Å². The molecule has 0 bridgehead atoms. The van der Waals surface area contributed by atoms with Gasteiger partial charge in [0.25, 0.3) is 5.91 Å². The summed E-state index contributed by atoms with van der Waals surface area (Å²) in [6.07, 6.45) is -0.838. The highest BCUT2D eigenvalue weighted by atomic mass is 35.5. The van der Waals surface area contributed by atoms with Crippen LogP contribution in [0.5, 0.6) is 5.75 Å². The molecule has 0 aliphatic rings. The number of carbonyl (C=O) groups is 1. The molecule has 1 atom stereocenters. The highest BCUT2D eigenvalue weighted by molar-refractivity contribution is 6.34. The quantitative estimate of drug-likeness (QED) is 0.863. The molecule has 1 N–H and O–H groups in total. The third kappa shape index (κ3) is 4.36. The van der Waals surface area contributed by atoms with Crippen LogP contribution in [-0.2, 0) is 4.79 Å². The zero-order chi connectivity index (χ0) is 16.3. The Bertz CT molecular complexity index is 686. The number of hydrogen-bond donors (Lipinski definition) is 1. The van der Waals surface area contributed by atoms with Crippen molar-refractivity contribution >= 4 is 34.8 Å². The Labute approximate surface area is 138 Å². The second-order valence-electron chi connectivity index (χ2n) is 4.84. The molecule has 0 radical (unpaired) electrons. The lowest BCUT2D eigenvalue weighted by Gasteiger charge is -2.15. The number of nitrogens with one attached hydrogen (secondary N) is 1. The van der Waals surface area contributed by atoms with Crippen LogP contribution in [0, 0.1) is 12.7 Å². The summed E-state index contributed by atoms with van der Waals surface area (Å²) in [4.78, 5) is 12.1. The van der Waals surface area contributed by atoms with Crippen LogP contribution in [0.4, 0.5) is 10.1 Å². The van der Waals surface area contributed by atoms with Gasteiger partial charge in [-0.1, -0.05) is 29.3 Å². The van der Waals surface area contributed by atoms with E-state index in [1.165, 1.54) is 12.1 Å². The Balaban J connectivity index is 2.05. The van der Waals surface area contributed by atoms with E-state index in [1.807, 2.05) is 0 Å². The highest BCUT2D eigenvalue weighted by Gasteiger charge is 2.17. The van der Waals surface area contributed by atoms with Crippen LogP contribution in [0.2, 0.25) is 10.0 Å². The Morgan fingerprint density at radius 3 is 2.41 bits per heavy atom. The number of amides is 1. The molecule has 0 spiro atoms. The van der Waals surface area contributed by atoms with E-state index >= 15 is 0 Å². The molecule has 0 aromatic heterocycles. The number of benzene rings is 2. The minimum atomic E-state index is -0.838. The van der Waals surface area contributed by atoms with Crippen LogP contribution < -0.4 is 10.1 Å². The summed E-state index contributed by atoms with van der Waals surface area (Å²) in [5, 5.41) is 3.29. The van der Waals surface area contributed by atoms with Gasteiger partial charge < -0.3 is 10.1 Å². The molecule has 116 valence electrons. The van der Waals surface area contributed by atoms with Gasteiger partial charge >= 0.3 is 0 Å². The molecule has 6 heteroatoms. The van der Waals surface area contributed by atoms with Crippen LogP contribution in [0.3, 0.4) is 0 Å². The monoisotopic (exact) mass is 341 g/mol. The number of ether oxygens (including phenoxy) is 1. The van der Waals surface area contributed by atoms with Crippen molar-refractivity contribution in [1.29, 1.82) is 0 Å². The second kappa shape index (κ2) is 6.99. The predicted octanol–water partition coefficient (Wildman–Crippen LogP) is 4.85. The van der Waals surface area contributed by atoms with Crippen LogP contribution in [-0.4, -0.2) is 12.0 Å². The van der Waals surface area contributed by atoms with E-state index in [0.29, 0.717) is 15.8 Å². The van der Waals surface area contributed by atoms with Crippen molar-refractivity contribution < 1.29 is 13.9 Å². The number of rotatable bonds is 4. The topological polar surface area (TPSA) is 38.3 Å². The summed E-state index contributed by atoms with van der Waals surface area (Å²) >= 11 is 11.7. The zero-order valence-corrected chi connectivity index (χ0v) is 13.5. The summed E-state index contributed by atoms with van der Waals surface area (Å²) in [6.45, 7) is 3.32. The summed E-state index contributed by atoms with van der Waals surface area (Å²) in [5.74, 6) is -0.602. The van der Waals surface area contributed by atoms with Gasteiger partial charge in [-0.15, -0.1) is 0 Å². The molecule has 0 aliphatic heterocycles. The van der Waals surface area contributed by atoms with Crippen LogP contribution in [0.1, 0.15) is 12.5 Å². The lowest BCUT2D eigenvalue weighted by molar-refractivity contribution is -0.122. The third-order valence-corrected chi connectivity index (χ3v) is 3.34. The Hall–Kier alpha value is -1.78. The summed E-state index contributed by atoms with van der Waals surface area (Å²) in [6, 6.07) is 9.21. The molecule has 2 aromatic rings. The largest absolute Gasteiger partial charge is 0.481 e. The van der Waals surface area contributed by atoms with E-state index in [0.717, 1.165) is 5.56 Å². The minimum Gasteiger partial charge on any atom is -0.481 e. The normalized spacial score (nSPS) is 11.9. The van der Waals surface area contributed by atoms with Crippen molar-refractivity contribution in [2.75, 3.05) is 5.32 Å². The van der Waals surface area contributed by atoms with E-state index in [1.54, 1.807) is 38.1 Å². The molecule has 0 fully saturated rings. The van der Waals surface area contributed by atoms with E-state index in [2.05, 4.69) is 5.32 Å². The van der Waals surface area contributed by atoms with Crippen molar-refractivity contribution in [2.24, 2.45) is 0 Å². The highest BCUT2D eigenvalue weighted by Crippen LogP contribution is 2.25. The molecule has 1 unspecified atom stereocenters. The first-order chi connectivity index (χ1) is 10.3. The Kier molecular flexibility index (Phi) is 5.27. The smallest absolute Gasteiger partial charge is 0.265 e. The van der Waals surface area contributed by atoms with Gasteiger partial charge in [0.2, 0.25) is 0 Å². The first kappa shape index (κ1) is 16.6. The van der Waals surface area contributed by atoms with Crippen LogP contribution in [0.15, 0.2) is 36.4 Å². The van der Waals surface area contributed by atoms with Crippen LogP contribution >= 0.6 is 23.2 Å². The molecule has 2 rings (SSSR count). The maximum Gasteiger partial charge on any atom is 0.265 e. The average molecular weight is 342 g/mol. The second-order valence-corrected chi connectivity index (χ2v) is 5.71. The molecule has 0 saturated heterocycles. The van der Waals surface area contributed by atoms with Crippen molar-refractivity contribution in [2.45, 2.75) is 20.0 Å². The van der Waals surface area contributed by atoms with E-state index in [4.69, 9.17) is 27.9 Å². The first-order valence-corrected chi connectivity index (χ1v) is 7.30. The SMILES string of the molecule is Cc1ccc(NC(=O)C(C)Oc2cc(Cl)cc(Cl)c2)c(F)c1. The molecule has 3 nitrogen and oxygen atoms in total. The van der Waals surface area contributed by atoms with Gasteiger partial charge in [0, 0.05) is 10.0 Å². The number of carbonyl (C=O) groups excluding carboxylic acids is 1. The lowest BCUT2D eigenvalue weighted by atomic mass is 10.2. The van der Waals surface area contributed by atoms with Gasteiger partial charge in [0.15, 0.2) is 6.10 Å². The van der Waals surface area contributed by atoms with E-state index in [9.17, 15) is 9.18 Å². The molecular formula is C16H14Cl2FNO2. The molecule has 0 saturated carbocycles. The van der Waals surface area contributed by atoms with Gasteiger partial charge in [-0.2, -0.15) is 0 Å². The maximum absolute atomic E-state index is 13.7. The maximum atomic E-state index is 13.7. The first-order valence-electron chi connectivity index (χ1n) is 6.55. The standard InChI is InChI=1S/C16H14Cl2FNO2/c1-9-3-4-15(14(19)5-9)20-16(21)10(2)22-13-7-11(17)6-12(18)8-13/h3-8,10H,1-2H3,(H,20,21). The zero-order valence-electron chi connectivity index (χ0n) is 12.0. The predicted molar refractivity (Wildman–Crippen MR) is 86.3 cm³/mol. The minimum absolute atomic E-state index is 0.107. The van der Waals surface area contributed by atoms with Gasteiger partial charge in [-0.05, 0) is 49.7 Å². The Morgan fingerprint density at radius 2 is 1.82 bits per heavy atom. The number of halogens is 3. The Morgan fingerprint density at radius 1 is 1.18 bits per heavy atom. The van der Waals surface area contributed by atoms with E-state index < -0.39 is 17.8 Å². The molecule has 22 heavy (non-hydrogen) atoms. The van der Waals surface area contributed by atoms with Gasteiger partial charge in [0.1, 0.15) is 11.6 Å². The fourth-order valence-electron chi connectivity index (χ4n) is 1.81. The van der Waals surface area contributed by atoms with Crippen molar-refractivity contribution in [3.63, 3.8) is 0 Å². The molecule has 2 aromatic carbocycles. The summed E-state index contributed by atoms with van der Waals surface area (Å²) in [7, 11) is 0. The number of hydrogen-bond acceptors (Lipinski definition) is 2. The summed E-state index contributed by atoms with van der Waals surface area (Å²) < 4.78 is 19.2. The fourth-order valence-corrected chi connectivity index (χ4v) is 2.32. The average Bonchev–Trinajstić information content (AvgIpc) is 2.40. The van der Waals surface area contributed by atoms with E-state index in [-0.39, 0.29) is 5.69 Å².